The highest BCUT2D eigenvalue weighted by molar-refractivity contribution is 5.90. The van der Waals surface area contributed by atoms with E-state index >= 15 is 0 Å². The van der Waals surface area contributed by atoms with E-state index in [1.54, 1.807) is 18.4 Å². The van der Waals surface area contributed by atoms with Crippen molar-refractivity contribution in [3.63, 3.8) is 0 Å². The molecule has 2 aromatic heterocycles. The lowest BCUT2D eigenvalue weighted by molar-refractivity contribution is 0.393. The number of nitrogens with zero attached hydrogens (tertiary/aromatic N) is 2. The molecule has 0 unspecified atom stereocenters. The standard InChI is InChI=1S/C19H14F2N2O2/c1-10-17(11(2)25-22-10)15-9-12-5-3-4-6-13(12)23(15)14-7-8-16(24)19(21)18(14)20/h3-9,24H,1-2H3. The first-order valence-corrected chi connectivity index (χ1v) is 7.70. The Kier molecular flexibility index (Phi) is 3.35. The maximum atomic E-state index is 14.6. The average Bonchev–Trinajstić information content (AvgIpc) is 3.13. The second-order valence-corrected chi connectivity index (χ2v) is 5.85. The van der Waals surface area contributed by atoms with E-state index in [4.69, 9.17) is 4.52 Å². The lowest BCUT2D eigenvalue weighted by Crippen LogP contribution is -2.02. The van der Waals surface area contributed by atoms with Crippen LogP contribution in [0.3, 0.4) is 0 Å². The van der Waals surface area contributed by atoms with Gasteiger partial charge >= 0.3 is 0 Å². The molecule has 0 atom stereocenters. The van der Waals surface area contributed by atoms with E-state index in [1.807, 2.05) is 30.3 Å². The van der Waals surface area contributed by atoms with E-state index in [9.17, 15) is 13.9 Å². The van der Waals surface area contributed by atoms with Gasteiger partial charge in [0.25, 0.3) is 0 Å². The summed E-state index contributed by atoms with van der Waals surface area (Å²) in [6.45, 7) is 3.56. The van der Waals surface area contributed by atoms with Gasteiger partial charge in [-0.3, -0.25) is 0 Å². The second kappa shape index (κ2) is 5.44. The van der Waals surface area contributed by atoms with Crippen LogP contribution in [-0.4, -0.2) is 14.8 Å². The van der Waals surface area contributed by atoms with Gasteiger partial charge < -0.3 is 14.2 Å². The number of hydrogen-bond donors (Lipinski definition) is 1. The lowest BCUT2D eigenvalue weighted by atomic mass is 10.1. The van der Waals surface area contributed by atoms with Crippen LogP contribution in [0.1, 0.15) is 11.5 Å². The van der Waals surface area contributed by atoms with Crippen molar-refractivity contribution in [2.45, 2.75) is 13.8 Å². The monoisotopic (exact) mass is 340 g/mol. The smallest absolute Gasteiger partial charge is 0.202 e. The molecule has 4 aromatic rings. The summed E-state index contributed by atoms with van der Waals surface area (Å²) in [6, 6.07) is 11.8. The minimum absolute atomic E-state index is 0.00602. The van der Waals surface area contributed by atoms with Crippen molar-refractivity contribution in [1.29, 1.82) is 0 Å². The molecule has 0 bridgehead atoms. The summed E-state index contributed by atoms with van der Waals surface area (Å²) in [5.41, 5.74) is 2.74. The topological polar surface area (TPSA) is 51.2 Å². The normalized spacial score (nSPS) is 11.4. The zero-order chi connectivity index (χ0) is 17.7. The number of aromatic nitrogens is 2. The third-order valence-electron chi connectivity index (χ3n) is 4.28. The molecule has 0 amide bonds. The Morgan fingerprint density at radius 2 is 1.80 bits per heavy atom. The summed E-state index contributed by atoms with van der Waals surface area (Å²) in [5, 5.41) is 14.2. The zero-order valence-corrected chi connectivity index (χ0v) is 13.5. The van der Waals surface area contributed by atoms with E-state index in [-0.39, 0.29) is 5.69 Å². The van der Waals surface area contributed by atoms with Crippen LogP contribution < -0.4 is 0 Å². The van der Waals surface area contributed by atoms with Crippen molar-refractivity contribution >= 4 is 10.9 Å². The number of rotatable bonds is 2. The Labute approximate surface area is 141 Å². The van der Waals surface area contributed by atoms with E-state index in [0.29, 0.717) is 22.7 Å². The molecule has 4 rings (SSSR count). The van der Waals surface area contributed by atoms with Crippen molar-refractivity contribution in [1.82, 2.24) is 9.72 Å². The highest BCUT2D eigenvalue weighted by atomic mass is 19.2. The number of benzene rings is 2. The summed E-state index contributed by atoms with van der Waals surface area (Å²) in [5.74, 6) is -2.54. The van der Waals surface area contributed by atoms with E-state index in [1.165, 1.54) is 6.07 Å². The highest BCUT2D eigenvalue weighted by Gasteiger charge is 2.22. The highest BCUT2D eigenvalue weighted by Crippen LogP contribution is 2.36. The molecule has 2 heterocycles. The molecule has 126 valence electrons. The molecule has 0 spiro atoms. The molecule has 2 aromatic carbocycles. The van der Waals surface area contributed by atoms with Gasteiger partial charge in [-0.05, 0) is 38.1 Å². The second-order valence-electron chi connectivity index (χ2n) is 5.85. The van der Waals surface area contributed by atoms with Crippen LogP contribution in [0.25, 0.3) is 27.8 Å². The lowest BCUT2D eigenvalue weighted by Gasteiger charge is -2.13. The van der Waals surface area contributed by atoms with Crippen molar-refractivity contribution in [2.75, 3.05) is 0 Å². The first-order chi connectivity index (χ1) is 12.0. The summed E-state index contributed by atoms with van der Waals surface area (Å²) in [7, 11) is 0. The summed E-state index contributed by atoms with van der Waals surface area (Å²) in [6.07, 6.45) is 0. The molecule has 25 heavy (non-hydrogen) atoms. The van der Waals surface area contributed by atoms with Crippen LogP contribution in [0, 0.1) is 25.5 Å². The Hall–Kier alpha value is -3.15. The molecular formula is C19H14F2N2O2. The van der Waals surface area contributed by atoms with Crippen LogP contribution in [0.15, 0.2) is 47.0 Å². The van der Waals surface area contributed by atoms with Gasteiger partial charge in [-0.15, -0.1) is 0 Å². The molecule has 0 radical (unpaired) electrons. The number of halogens is 2. The quantitative estimate of drug-likeness (QED) is 0.565. The van der Waals surface area contributed by atoms with Crippen LogP contribution in [0.2, 0.25) is 0 Å². The van der Waals surface area contributed by atoms with Crippen LogP contribution in [-0.2, 0) is 0 Å². The largest absolute Gasteiger partial charge is 0.505 e. The Morgan fingerprint density at radius 3 is 2.52 bits per heavy atom. The molecular weight excluding hydrogens is 326 g/mol. The van der Waals surface area contributed by atoms with Crippen molar-refractivity contribution in [2.24, 2.45) is 0 Å². The molecule has 6 heteroatoms. The number of hydrogen-bond acceptors (Lipinski definition) is 3. The summed E-state index contributed by atoms with van der Waals surface area (Å²) < 4.78 is 35.4. The third kappa shape index (κ3) is 2.21. The van der Waals surface area contributed by atoms with Gasteiger partial charge in [0, 0.05) is 5.39 Å². The van der Waals surface area contributed by atoms with Crippen LogP contribution >= 0.6 is 0 Å². The maximum Gasteiger partial charge on any atom is 0.202 e. The zero-order valence-electron chi connectivity index (χ0n) is 13.5. The molecule has 0 aliphatic heterocycles. The van der Waals surface area contributed by atoms with Gasteiger partial charge in [0.05, 0.1) is 28.2 Å². The predicted octanol–water partition coefficient (Wildman–Crippen LogP) is 4.89. The van der Waals surface area contributed by atoms with Gasteiger partial charge in [-0.2, -0.15) is 4.39 Å². The van der Waals surface area contributed by atoms with Gasteiger partial charge in [0.1, 0.15) is 5.76 Å². The SMILES string of the molecule is Cc1noc(C)c1-c1cc2ccccc2n1-c1ccc(O)c(F)c1F. The summed E-state index contributed by atoms with van der Waals surface area (Å²) in [4.78, 5) is 0. The number of para-hydroxylation sites is 1. The van der Waals surface area contributed by atoms with Gasteiger partial charge in [-0.1, -0.05) is 23.4 Å². The van der Waals surface area contributed by atoms with E-state index < -0.39 is 17.4 Å². The molecule has 0 fully saturated rings. The first-order valence-electron chi connectivity index (χ1n) is 7.70. The number of aromatic hydroxyl groups is 1. The van der Waals surface area contributed by atoms with Crippen molar-refractivity contribution in [3.05, 3.63) is 65.6 Å². The van der Waals surface area contributed by atoms with Gasteiger partial charge in [0.15, 0.2) is 11.6 Å². The first kappa shape index (κ1) is 15.4. The van der Waals surface area contributed by atoms with Crippen LogP contribution in [0.5, 0.6) is 5.75 Å². The van der Waals surface area contributed by atoms with Gasteiger partial charge in [0.2, 0.25) is 5.82 Å². The number of phenols is 1. The molecule has 0 saturated carbocycles. The minimum atomic E-state index is -1.28. The Bertz CT molecular complexity index is 1090. The molecule has 0 saturated heterocycles. The average molecular weight is 340 g/mol. The number of fused-ring (bicyclic) bond motifs is 1. The fourth-order valence-corrected chi connectivity index (χ4v) is 3.15. The van der Waals surface area contributed by atoms with Crippen LogP contribution in [0.4, 0.5) is 8.78 Å². The third-order valence-corrected chi connectivity index (χ3v) is 4.28. The molecule has 0 aliphatic rings. The fraction of sp³-hybridized carbons (Fsp3) is 0.105. The minimum Gasteiger partial charge on any atom is -0.505 e. The maximum absolute atomic E-state index is 14.6. The van der Waals surface area contributed by atoms with Crippen molar-refractivity contribution in [3.8, 4) is 22.7 Å². The molecule has 0 aliphatic carbocycles. The predicted molar refractivity (Wildman–Crippen MR) is 89.8 cm³/mol. The Balaban J connectivity index is 2.13. The van der Waals surface area contributed by atoms with E-state index in [2.05, 4.69) is 5.16 Å². The Morgan fingerprint density at radius 1 is 1.04 bits per heavy atom. The molecule has 4 nitrogen and oxygen atoms in total. The van der Waals surface area contributed by atoms with E-state index in [0.717, 1.165) is 17.0 Å². The van der Waals surface area contributed by atoms with Crippen molar-refractivity contribution < 1.29 is 18.4 Å². The molecule has 1 N–H and O–H groups in total. The fourth-order valence-electron chi connectivity index (χ4n) is 3.15. The number of phenolic OH excluding ortho intramolecular Hbond substituents is 1. The number of aryl methyl sites for hydroxylation is 2. The summed E-state index contributed by atoms with van der Waals surface area (Å²) >= 11 is 0. The van der Waals surface area contributed by atoms with Gasteiger partial charge in [-0.25, -0.2) is 4.39 Å².